The summed E-state index contributed by atoms with van der Waals surface area (Å²) in [4.78, 5) is 31.2. The van der Waals surface area contributed by atoms with Crippen molar-refractivity contribution in [3.05, 3.63) is 88.2 Å². The molecule has 1 saturated heterocycles. The maximum Gasteiger partial charge on any atom is 0.278 e. The predicted octanol–water partition coefficient (Wildman–Crippen LogP) is 5.17. The number of imide groups is 1. The van der Waals surface area contributed by atoms with Gasteiger partial charge in [-0.05, 0) is 67.0 Å². The minimum absolute atomic E-state index is 0.231. The van der Waals surface area contributed by atoms with Crippen LogP contribution in [0, 0.1) is 0 Å². The molecule has 2 aliphatic heterocycles. The van der Waals surface area contributed by atoms with Crippen LogP contribution in [0.2, 0.25) is 0 Å². The topological polar surface area (TPSA) is 52.7 Å². The molecule has 1 fully saturated rings. The average molecular weight is 458 g/mol. The molecule has 0 saturated carbocycles. The molecule has 168 valence electrons. The van der Waals surface area contributed by atoms with Crippen LogP contribution in [0.5, 0.6) is 0 Å². The molecule has 0 spiro atoms. The van der Waals surface area contributed by atoms with E-state index < -0.39 is 0 Å². The third-order valence-corrected chi connectivity index (χ3v) is 7.15. The highest BCUT2D eigenvalue weighted by Gasteiger charge is 2.39. The zero-order chi connectivity index (χ0) is 22.6. The van der Waals surface area contributed by atoms with Gasteiger partial charge in [0.2, 0.25) is 0 Å². The second kappa shape index (κ2) is 9.63. The standard InChI is InChI=1S/C27H27N3O2S/c31-26-24(23-10-7-19-33-23)25(27(32)30(26)18-15-20-8-3-1-4-9-20)28-21-11-13-22(14-12-21)29-16-5-2-6-17-29/h1,3-4,7-14,19,28H,2,5-6,15-18H2. The van der Waals surface area contributed by atoms with E-state index in [1.165, 1.54) is 41.2 Å². The number of carbonyl (C=O) groups is 2. The van der Waals surface area contributed by atoms with Crippen molar-refractivity contribution in [1.29, 1.82) is 0 Å². The highest BCUT2D eigenvalue weighted by molar-refractivity contribution is 7.11. The van der Waals surface area contributed by atoms with Gasteiger partial charge < -0.3 is 10.2 Å². The van der Waals surface area contributed by atoms with Crippen LogP contribution in [0.1, 0.15) is 29.7 Å². The smallest absolute Gasteiger partial charge is 0.278 e. The van der Waals surface area contributed by atoms with Crippen molar-refractivity contribution in [2.45, 2.75) is 25.7 Å². The molecular formula is C27H27N3O2S. The molecule has 2 aliphatic rings. The van der Waals surface area contributed by atoms with Gasteiger partial charge in [0.15, 0.2) is 0 Å². The van der Waals surface area contributed by atoms with Crippen LogP contribution in [0.25, 0.3) is 5.57 Å². The number of nitrogens with one attached hydrogen (secondary N) is 1. The monoisotopic (exact) mass is 457 g/mol. The Bertz CT molecular complexity index is 1150. The maximum atomic E-state index is 13.3. The molecule has 2 aromatic carbocycles. The largest absolute Gasteiger partial charge is 0.372 e. The first kappa shape index (κ1) is 21.5. The molecule has 1 aromatic heterocycles. The molecular weight excluding hydrogens is 430 g/mol. The summed E-state index contributed by atoms with van der Waals surface area (Å²) in [6.45, 7) is 2.53. The van der Waals surface area contributed by atoms with Crippen LogP contribution in [-0.4, -0.2) is 36.3 Å². The number of hydrogen-bond donors (Lipinski definition) is 1. The number of amides is 2. The number of rotatable bonds is 7. The van der Waals surface area contributed by atoms with Crippen LogP contribution in [0.3, 0.4) is 0 Å². The van der Waals surface area contributed by atoms with Crippen molar-refractivity contribution in [3.63, 3.8) is 0 Å². The zero-order valence-corrected chi connectivity index (χ0v) is 19.3. The Hall–Kier alpha value is -3.38. The van der Waals surface area contributed by atoms with Crippen LogP contribution < -0.4 is 10.2 Å². The highest BCUT2D eigenvalue weighted by Crippen LogP contribution is 2.33. The fourth-order valence-corrected chi connectivity index (χ4v) is 5.25. The lowest BCUT2D eigenvalue weighted by Crippen LogP contribution is -2.34. The van der Waals surface area contributed by atoms with Gasteiger partial charge in [0, 0.05) is 35.9 Å². The summed E-state index contributed by atoms with van der Waals surface area (Å²) < 4.78 is 0. The Balaban J connectivity index is 1.37. The first-order chi connectivity index (χ1) is 16.2. The van der Waals surface area contributed by atoms with Crippen molar-refractivity contribution in [2.24, 2.45) is 0 Å². The molecule has 3 aromatic rings. The number of nitrogens with zero attached hydrogens (tertiary/aromatic N) is 2. The number of hydrogen-bond acceptors (Lipinski definition) is 5. The van der Waals surface area contributed by atoms with E-state index in [4.69, 9.17) is 0 Å². The van der Waals surface area contributed by atoms with Crippen LogP contribution in [0.15, 0.2) is 77.8 Å². The average Bonchev–Trinajstić information content (AvgIpc) is 3.46. The first-order valence-electron chi connectivity index (χ1n) is 11.5. The van der Waals surface area contributed by atoms with Gasteiger partial charge >= 0.3 is 0 Å². The fraction of sp³-hybridized carbons (Fsp3) is 0.259. The normalized spacial score (nSPS) is 16.6. The van der Waals surface area contributed by atoms with Crippen LogP contribution >= 0.6 is 11.3 Å². The summed E-state index contributed by atoms with van der Waals surface area (Å²) in [5.74, 6) is -0.495. The second-order valence-corrected chi connectivity index (χ2v) is 9.39. The molecule has 0 atom stereocenters. The van der Waals surface area contributed by atoms with E-state index >= 15 is 0 Å². The summed E-state index contributed by atoms with van der Waals surface area (Å²) in [6, 6.07) is 21.9. The number of carbonyl (C=O) groups excluding carboxylic acids is 2. The molecule has 2 amide bonds. The molecule has 6 heteroatoms. The van der Waals surface area contributed by atoms with Gasteiger partial charge in [0.05, 0.1) is 5.57 Å². The fourth-order valence-electron chi connectivity index (χ4n) is 4.48. The minimum Gasteiger partial charge on any atom is -0.372 e. The van der Waals surface area contributed by atoms with Crippen LogP contribution in [0.4, 0.5) is 11.4 Å². The summed E-state index contributed by atoms with van der Waals surface area (Å²) in [7, 11) is 0. The first-order valence-corrected chi connectivity index (χ1v) is 12.4. The highest BCUT2D eigenvalue weighted by atomic mass is 32.1. The van der Waals surface area contributed by atoms with E-state index in [9.17, 15) is 9.59 Å². The molecule has 3 heterocycles. The Kier molecular flexibility index (Phi) is 6.26. The quantitative estimate of drug-likeness (QED) is 0.497. The van der Waals surface area contributed by atoms with Gasteiger partial charge in [-0.25, -0.2) is 0 Å². The van der Waals surface area contributed by atoms with E-state index in [2.05, 4.69) is 22.3 Å². The number of piperidine rings is 1. The Morgan fingerprint density at radius 1 is 0.818 bits per heavy atom. The van der Waals surface area contributed by atoms with E-state index in [0.717, 1.165) is 29.2 Å². The van der Waals surface area contributed by atoms with Gasteiger partial charge in [-0.3, -0.25) is 14.5 Å². The molecule has 0 aliphatic carbocycles. The summed E-state index contributed by atoms with van der Waals surface area (Å²) in [6.07, 6.45) is 4.39. The number of thiophene rings is 1. The third kappa shape index (κ3) is 4.57. The Morgan fingerprint density at radius 3 is 2.27 bits per heavy atom. The lowest BCUT2D eigenvalue weighted by atomic mass is 10.1. The molecule has 0 bridgehead atoms. The molecule has 0 unspecified atom stereocenters. The summed E-state index contributed by atoms with van der Waals surface area (Å²) in [5.41, 5.74) is 3.94. The maximum absolute atomic E-state index is 13.3. The van der Waals surface area contributed by atoms with Gasteiger partial charge in [-0.15, -0.1) is 11.3 Å². The van der Waals surface area contributed by atoms with Gasteiger partial charge in [0.1, 0.15) is 5.70 Å². The van der Waals surface area contributed by atoms with Crippen molar-refractivity contribution >= 4 is 40.1 Å². The van der Waals surface area contributed by atoms with Crippen LogP contribution in [-0.2, 0) is 16.0 Å². The Labute approximate surface area is 198 Å². The molecule has 0 radical (unpaired) electrons. The summed E-state index contributed by atoms with van der Waals surface area (Å²) in [5, 5.41) is 5.20. The van der Waals surface area contributed by atoms with E-state index in [-0.39, 0.29) is 11.8 Å². The Morgan fingerprint density at radius 2 is 1.58 bits per heavy atom. The van der Waals surface area contributed by atoms with Crippen molar-refractivity contribution in [1.82, 2.24) is 4.90 Å². The molecule has 33 heavy (non-hydrogen) atoms. The minimum atomic E-state index is -0.264. The van der Waals surface area contributed by atoms with Crippen molar-refractivity contribution in [3.8, 4) is 0 Å². The van der Waals surface area contributed by atoms with Gasteiger partial charge in [0.25, 0.3) is 11.8 Å². The molecule has 5 rings (SSSR count). The lowest BCUT2D eigenvalue weighted by Gasteiger charge is -2.28. The number of anilines is 2. The zero-order valence-electron chi connectivity index (χ0n) is 18.5. The van der Waals surface area contributed by atoms with Crippen molar-refractivity contribution < 1.29 is 9.59 Å². The van der Waals surface area contributed by atoms with Crippen molar-refractivity contribution in [2.75, 3.05) is 29.9 Å². The van der Waals surface area contributed by atoms with Gasteiger partial charge in [-0.2, -0.15) is 0 Å². The molecule has 5 nitrogen and oxygen atoms in total. The SMILES string of the molecule is O=C1C(Nc2ccc(N3CCCCC3)cc2)=C(c2cccs2)C(=O)N1CCc1ccccc1. The van der Waals surface area contributed by atoms with E-state index in [0.29, 0.717) is 24.2 Å². The predicted molar refractivity (Wildman–Crippen MR) is 134 cm³/mol. The number of benzene rings is 2. The van der Waals surface area contributed by atoms with E-state index in [1.807, 2.05) is 60.0 Å². The van der Waals surface area contributed by atoms with Gasteiger partial charge in [-0.1, -0.05) is 36.4 Å². The lowest BCUT2D eigenvalue weighted by molar-refractivity contribution is -0.136. The third-order valence-electron chi connectivity index (χ3n) is 6.26. The second-order valence-electron chi connectivity index (χ2n) is 8.44. The summed E-state index contributed by atoms with van der Waals surface area (Å²) >= 11 is 1.47. The van der Waals surface area contributed by atoms with E-state index in [1.54, 1.807) is 0 Å². The molecule has 1 N–H and O–H groups in total.